The van der Waals surface area contributed by atoms with Crippen molar-refractivity contribution in [3.63, 3.8) is 0 Å². The standard InChI is InChI=1S/C18H18N6S/c1-13-16-17(23(2)22-13)21-18(25-16)24(11-14-3-7-19-8-4-14)12-15-5-9-20-10-6-15/h3-10H,11-12H2,1-2H3. The molecule has 4 heterocycles. The first kappa shape index (κ1) is 15.7. The highest BCUT2D eigenvalue weighted by Crippen LogP contribution is 2.32. The maximum absolute atomic E-state index is 4.84. The molecule has 4 aromatic heterocycles. The average Bonchev–Trinajstić information content (AvgIpc) is 3.18. The maximum Gasteiger partial charge on any atom is 0.188 e. The number of anilines is 1. The van der Waals surface area contributed by atoms with E-state index in [4.69, 9.17) is 4.98 Å². The van der Waals surface area contributed by atoms with Gasteiger partial charge in [-0.05, 0) is 42.3 Å². The molecule has 0 saturated carbocycles. The molecule has 0 bridgehead atoms. The van der Waals surface area contributed by atoms with Crippen LogP contribution in [-0.4, -0.2) is 24.7 Å². The first-order valence-electron chi connectivity index (χ1n) is 8.03. The van der Waals surface area contributed by atoms with E-state index >= 15 is 0 Å². The van der Waals surface area contributed by atoms with Gasteiger partial charge in [-0.2, -0.15) is 5.10 Å². The Hall–Kier alpha value is -2.80. The molecular formula is C18H18N6S. The van der Waals surface area contributed by atoms with Crippen LogP contribution in [0.15, 0.2) is 49.1 Å². The molecule has 0 aliphatic heterocycles. The Labute approximate surface area is 149 Å². The van der Waals surface area contributed by atoms with Gasteiger partial charge >= 0.3 is 0 Å². The summed E-state index contributed by atoms with van der Waals surface area (Å²) in [4.78, 5) is 15.3. The number of hydrogen-bond acceptors (Lipinski definition) is 6. The number of thiazole rings is 1. The van der Waals surface area contributed by atoms with Crippen LogP contribution in [0, 0.1) is 6.92 Å². The van der Waals surface area contributed by atoms with Gasteiger partial charge in [-0.25, -0.2) is 9.67 Å². The predicted octanol–water partition coefficient (Wildman–Crippen LogP) is 3.34. The topological polar surface area (TPSA) is 59.7 Å². The molecular weight excluding hydrogens is 332 g/mol. The van der Waals surface area contributed by atoms with Gasteiger partial charge in [-0.15, -0.1) is 0 Å². The molecule has 0 radical (unpaired) electrons. The Morgan fingerprint density at radius 3 is 2.04 bits per heavy atom. The molecule has 4 aromatic rings. The molecule has 126 valence electrons. The van der Waals surface area contributed by atoms with E-state index in [-0.39, 0.29) is 0 Å². The highest BCUT2D eigenvalue weighted by Gasteiger charge is 2.17. The SMILES string of the molecule is Cc1nn(C)c2nc(N(Cc3ccncc3)Cc3ccncc3)sc12. The average molecular weight is 350 g/mol. The second-order valence-corrected chi connectivity index (χ2v) is 6.90. The quantitative estimate of drug-likeness (QED) is 0.552. The summed E-state index contributed by atoms with van der Waals surface area (Å²) in [5.41, 5.74) is 4.37. The number of aryl methyl sites for hydroxylation is 2. The zero-order chi connectivity index (χ0) is 17.2. The van der Waals surface area contributed by atoms with Crippen LogP contribution in [-0.2, 0) is 20.1 Å². The summed E-state index contributed by atoms with van der Waals surface area (Å²) in [6.45, 7) is 3.58. The molecule has 0 N–H and O–H groups in total. The van der Waals surface area contributed by atoms with Gasteiger partial charge in [0.1, 0.15) is 0 Å². The molecule has 6 nitrogen and oxygen atoms in total. The lowest BCUT2D eigenvalue weighted by Crippen LogP contribution is -2.22. The molecule has 0 fully saturated rings. The number of fused-ring (bicyclic) bond motifs is 1. The van der Waals surface area contributed by atoms with Crippen LogP contribution < -0.4 is 4.90 Å². The van der Waals surface area contributed by atoms with Gasteiger partial charge in [0.15, 0.2) is 10.8 Å². The minimum Gasteiger partial charge on any atom is -0.339 e. The van der Waals surface area contributed by atoms with E-state index in [1.54, 1.807) is 11.3 Å². The first-order valence-corrected chi connectivity index (χ1v) is 8.85. The zero-order valence-electron chi connectivity index (χ0n) is 14.1. The van der Waals surface area contributed by atoms with Crippen molar-refractivity contribution in [3.05, 3.63) is 65.9 Å². The van der Waals surface area contributed by atoms with Crippen LogP contribution in [0.2, 0.25) is 0 Å². The molecule has 0 saturated heterocycles. The summed E-state index contributed by atoms with van der Waals surface area (Å²) in [6.07, 6.45) is 7.30. The van der Waals surface area contributed by atoms with E-state index in [0.29, 0.717) is 0 Å². The minimum atomic E-state index is 0.775. The smallest absolute Gasteiger partial charge is 0.188 e. The molecule has 0 atom stereocenters. The fourth-order valence-corrected chi connectivity index (χ4v) is 3.85. The highest BCUT2D eigenvalue weighted by atomic mass is 32.1. The molecule has 0 unspecified atom stereocenters. The molecule has 4 rings (SSSR count). The van der Waals surface area contributed by atoms with Crippen molar-refractivity contribution in [1.82, 2.24) is 24.7 Å². The number of nitrogens with zero attached hydrogens (tertiary/aromatic N) is 6. The number of rotatable bonds is 5. The summed E-state index contributed by atoms with van der Waals surface area (Å²) in [7, 11) is 1.94. The van der Waals surface area contributed by atoms with Crippen LogP contribution in [0.3, 0.4) is 0 Å². The van der Waals surface area contributed by atoms with Crippen molar-refractivity contribution < 1.29 is 0 Å². The van der Waals surface area contributed by atoms with Gasteiger partial charge in [0.05, 0.1) is 10.4 Å². The molecule has 25 heavy (non-hydrogen) atoms. The van der Waals surface area contributed by atoms with Gasteiger partial charge in [-0.1, -0.05) is 11.3 Å². The van der Waals surface area contributed by atoms with E-state index in [1.807, 2.05) is 67.7 Å². The summed E-state index contributed by atoms with van der Waals surface area (Å²) < 4.78 is 2.99. The van der Waals surface area contributed by atoms with Gasteiger partial charge in [-0.3, -0.25) is 9.97 Å². The lowest BCUT2D eigenvalue weighted by atomic mass is 10.2. The van der Waals surface area contributed by atoms with E-state index in [0.717, 1.165) is 34.3 Å². The van der Waals surface area contributed by atoms with Crippen molar-refractivity contribution in [2.24, 2.45) is 7.05 Å². The van der Waals surface area contributed by atoms with Crippen LogP contribution in [0.1, 0.15) is 16.8 Å². The summed E-state index contributed by atoms with van der Waals surface area (Å²) in [5, 5.41) is 5.45. The van der Waals surface area contributed by atoms with Crippen molar-refractivity contribution in [2.45, 2.75) is 20.0 Å². The zero-order valence-corrected chi connectivity index (χ0v) is 14.9. The highest BCUT2D eigenvalue weighted by molar-refractivity contribution is 7.22. The van der Waals surface area contributed by atoms with E-state index < -0.39 is 0 Å². The molecule has 0 aliphatic rings. The fraction of sp³-hybridized carbons (Fsp3) is 0.222. The molecule has 7 heteroatoms. The molecule has 0 spiro atoms. The number of aromatic nitrogens is 5. The Balaban J connectivity index is 1.71. The Morgan fingerprint density at radius 1 is 0.960 bits per heavy atom. The first-order chi connectivity index (χ1) is 12.2. The predicted molar refractivity (Wildman–Crippen MR) is 99.5 cm³/mol. The Bertz CT molecular complexity index is 901. The lowest BCUT2D eigenvalue weighted by Gasteiger charge is -2.22. The van der Waals surface area contributed by atoms with Gasteiger partial charge < -0.3 is 4.90 Å². The van der Waals surface area contributed by atoms with Crippen LogP contribution >= 0.6 is 11.3 Å². The Morgan fingerprint density at radius 2 is 1.52 bits per heavy atom. The third-order valence-electron chi connectivity index (χ3n) is 4.05. The van der Waals surface area contributed by atoms with Crippen molar-refractivity contribution in [3.8, 4) is 0 Å². The van der Waals surface area contributed by atoms with Gasteiger partial charge in [0, 0.05) is 44.9 Å². The second-order valence-electron chi connectivity index (χ2n) is 5.93. The van der Waals surface area contributed by atoms with Gasteiger partial charge in [0.25, 0.3) is 0 Å². The third-order valence-corrected chi connectivity index (χ3v) is 5.26. The summed E-state index contributed by atoms with van der Waals surface area (Å²) >= 11 is 1.69. The summed E-state index contributed by atoms with van der Waals surface area (Å²) in [6, 6.07) is 8.17. The van der Waals surface area contributed by atoms with Crippen LogP contribution in [0.25, 0.3) is 10.3 Å². The lowest BCUT2D eigenvalue weighted by molar-refractivity contribution is 0.764. The van der Waals surface area contributed by atoms with Crippen molar-refractivity contribution >= 4 is 26.8 Å². The van der Waals surface area contributed by atoms with Gasteiger partial charge in [0.2, 0.25) is 0 Å². The Kier molecular flexibility index (Phi) is 4.15. The van der Waals surface area contributed by atoms with E-state index in [2.05, 4.69) is 20.0 Å². The van der Waals surface area contributed by atoms with E-state index in [1.165, 1.54) is 11.1 Å². The fourth-order valence-electron chi connectivity index (χ4n) is 2.82. The minimum absolute atomic E-state index is 0.775. The normalized spacial score (nSPS) is 11.1. The van der Waals surface area contributed by atoms with Crippen LogP contribution in [0.5, 0.6) is 0 Å². The van der Waals surface area contributed by atoms with Crippen molar-refractivity contribution in [2.75, 3.05) is 4.90 Å². The number of pyridine rings is 2. The van der Waals surface area contributed by atoms with Crippen molar-refractivity contribution in [1.29, 1.82) is 0 Å². The maximum atomic E-state index is 4.84. The van der Waals surface area contributed by atoms with E-state index in [9.17, 15) is 0 Å². The molecule has 0 aromatic carbocycles. The largest absolute Gasteiger partial charge is 0.339 e. The molecule has 0 amide bonds. The second kappa shape index (κ2) is 6.60. The van der Waals surface area contributed by atoms with Crippen LogP contribution in [0.4, 0.5) is 5.13 Å². The molecule has 0 aliphatic carbocycles. The number of hydrogen-bond donors (Lipinski definition) is 0. The summed E-state index contributed by atoms with van der Waals surface area (Å²) in [5.74, 6) is 0. The third kappa shape index (κ3) is 3.23. The monoisotopic (exact) mass is 350 g/mol.